The van der Waals surface area contributed by atoms with Gasteiger partial charge in [0.1, 0.15) is 5.82 Å². The summed E-state index contributed by atoms with van der Waals surface area (Å²) in [6.07, 6.45) is 1.54. The molecule has 0 spiro atoms. The Bertz CT molecular complexity index is 790. The summed E-state index contributed by atoms with van der Waals surface area (Å²) < 4.78 is 52.2. The highest BCUT2D eigenvalue weighted by molar-refractivity contribution is 5.57. The van der Waals surface area contributed by atoms with E-state index in [2.05, 4.69) is 10.2 Å². The number of hydrogen-bond donors (Lipinski definition) is 1. The molecule has 0 saturated carbocycles. The number of alkyl halides is 2. The lowest BCUT2D eigenvalue weighted by molar-refractivity contribution is -0.00644. The summed E-state index contributed by atoms with van der Waals surface area (Å²) in [4.78, 5) is 2.22. The van der Waals surface area contributed by atoms with Crippen molar-refractivity contribution in [3.8, 4) is 11.5 Å². The van der Waals surface area contributed by atoms with Crippen LogP contribution in [0, 0.1) is 5.82 Å². The molecule has 0 unspecified atom stereocenters. The monoisotopic (exact) mass is 378 g/mol. The van der Waals surface area contributed by atoms with Crippen LogP contribution >= 0.6 is 0 Å². The Hall–Kier alpha value is -2.41. The highest BCUT2D eigenvalue weighted by Gasteiger charge is 2.32. The fourth-order valence-electron chi connectivity index (χ4n) is 3.49. The molecule has 1 saturated heterocycles. The quantitative estimate of drug-likeness (QED) is 0.856. The van der Waals surface area contributed by atoms with E-state index in [0.717, 1.165) is 67.4 Å². The molecule has 27 heavy (non-hydrogen) atoms. The molecule has 2 aliphatic rings. The van der Waals surface area contributed by atoms with Gasteiger partial charge in [-0.15, -0.1) is 0 Å². The number of hydrogen-bond acceptors (Lipinski definition) is 4. The number of halogens is 3. The number of nitrogens with one attached hydrogen (secondary N) is 1. The van der Waals surface area contributed by atoms with Crippen LogP contribution in [0.1, 0.15) is 18.4 Å². The van der Waals surface area contributed by atoms with Crippen LogP contribution in [0.5, 0.6) is 11.5 Å². The van der Waals surface area contributed by atoms with Crippen LogP contribution in [0.2, 0.25) is 0 Å². The van der Waals surface area contributed by atoms with E-state index in [1.165, 1.54) is 0 Å². The Kier molecular flexibility index (Phi) is 4.86. The van der Waals surface area contributed by atoms with Gasteiger partial charge in [-0.05, 0) is 37.1 Å². The van der Waals surface area contributed by atoms with E-state index >= 15 is 0 Å². The van der Waals surface area contributed by atoms with Crippen molar-refractivity contribution in [1.82, 2.24) is 5.32 Å². The van der Waals surface area contributed by atoms with Crippen molar-refractivity contribution in [2.45, 2.75) is 24.8 Å². The van der Waals surface area contributed by atoms with Crippen LogP contribution in [0.3, 0.4) is 0 Å². The minimum absolute atomic E-state index is 0.0292. The van der Waals surface area contributed by atoms with Crippen molar-refractivity contribution in [2.75, 3.05) is 31.3 Å². The van der Waals surface area contributed by atoms with Gasteiger partial charge in [0.05, 0.1) is 6.54 Å². The van der Waals surface area contributed by atoms with E-state index in [1.807, 2.05) is 18.2 Å². The molecule has 4 nitrogen and oxygen atoms in total. The summed E-state index contributed by atoms with van der Waals surface area (Å²) in [5.74, 6) is -2.05. The second kappa shape index (κ2) is 7.31. The molecule has 1 N–H and O–H groups in total. The zero-order chi connectivity index (χ0) is 18.9. The Morgan fingerprint density at radius 2 is 1.70 bits per heavy atom. The molecule has 7 heteroatoms. The number of ether oxygens (including phenoxy) is 2. The predicted molar refractivity (Wildman–Crippen MR) is 96.1 cm³/mol. The lowest BCUT2D eigenvalue weighted by Gasteiger charge is -2.34. The third-order valence-electron chi connectivity index (χ3n) is 5.10. The first-order valence-corrected chi connectivity index (χ1v) is 9.03. The first-order valence-electron chi connectivity index (χ1n) is 9.03. The maximum absolute atomic E-state index is 14.3. The van der Waals surface area contributed by atoms with E-state index in [-0.39, 0.29) is 18.4 Å². The minimum atomic E-state index is -3.03. The maximum Gasteiger partial charge on any atom is 0.285 e. The standard InChI is InChI=1S/C20H21F3N2O2/c21-15-3-1-14(2-4-15)20(22,23)12-24-16-7-9-25(10-8-16)17-5-6-18-19(11-17)27-13-26-18/h1-6,11,16,24H,7-10,12-13H2. The SMILES string of the molecule is Fc1ccc(C(F)(F)CNC2CCN(c3ccc4c(c3)OCO4)CC2)cc1. The largest absolute Gasteiger partial charge is 0.454 e. The summed E-state index contributed by atoms with van der Waals surface area (Å²) in [6, 6.07) is 10.3. The van der Waals surface area contributed by atoms with Gasteiger partial charge in [0.15, 0.2) is 11.5 Å². The summed E-state index contributed by atoms with van der Waals surface area (Å²) in [6.45, 7) is 1.35. The van der Waals surface area contributed by atoms with Crippen LogP contribution in [0.25, 0.3) is 0 Å². The highest BCUT2D eigenvalue weighted by Crippen LogP contribution is 2.36. The third kappa shape index (κ3) is 3.98. The first-order chi connectivity index (χ1) is 13.0. The number of fused-ring (bicyclic) bond motifs is 1. The Morgan fingerprint density at radius 3 is 2.44 bits per heavy atom. The average Bonchev–Trinajstić information content (AvgIpc) is 3.15. The Morgan fingerprint density at radius 1 is 1.00 bits per heavy atom. The van der Waals surface area contributed by atoms with Crippen molar-refractivity contribution in [1.29, 1.82) is 0 Å². The van der Waals surface area contributed by atoms with Gasteiger partial charge in [-0.3, -0.25) is 0 Å². The van der Waals surface area contributed by atoms with Crippen molar-refractivity contribution in [2.24, 2.45) is 0 Å². The topological polar surface area (TPSA) is 33.7 Å². The Labute approximate surface area is 155 Å². The third-order valence-corrected chi connectivity index (χ3v) is 5.10. The number of rotatable bonds is 5. The normalized spacial score (nSPS) is 17.4. The van der Waals surface area contributed by atoms with Crippen LogP contribution in [0.4, 0.5) is 18.9 Å². The maximum atomic E-state index is 14.3. The molecule has 0 bridgehead atoms. The van der Waals surface area contributed by atoms with E-state index in [0.29, 0.717) is 0 Å². The molecule has 2 aliphatic heterocycles. The zero-order valence-electron chi connectivity index (χ0n) is 14.8. The molecular formula is C20H21F3N2O2. The van der Waals surface area contributed by atoms with Crippen LogP contribution in [-0.2, 0) is 5.92 Å². The molecule has 4 rings (SSSR count). The lowest BCUT2D eigenvalue weighted by atomic mass is 10.0. The second-order valence-electron chi connectivity index (χ2n) is 6.89. The Balaban J connectivity index is 1.30. The molecule has 1 fully saturated rings. The van der Waals surface area contributed by atoms with Gasteiger partial charge in [-0.25, -0.2) is 4.39 Å². The van der Waals surface area contributed by atoms with Crippen molar-refractivity contribution < 1.29 is 22.6 Å². The molecule has 144 valence electrons. The van der Waals surface area contributed by atoms with Crippen LogP contribution in [0.15, 0.2) is 42.5 Å². The molecule has 0 radical (unpaired) electrons. The van der Waals surface area contributed by atoms with Crippen molar-refractivity contribution >= 4 is 5.69 Å². The van der Waals surface area contributed by atoms with E-state index in [1.54, 1.807) is 0 Å². The number of piperidine rings is 1. The number of anilines is 1. The van der Waals surface area contributed by atoms with Gasteiger partial charge in [0.25, 0.3) is 5.92 Å². The molecule has 0 aliphatic carbocycles. The lowest BCUT2D eigenvalue weighted by Crippen LogP contribution is -2.45. The summed E-state index contributed by atoms with van der Waals surface area (Å²) in [5.41, 5.74) is 0.878. The average molecular weight is 378 g/mol. The number of benzene rings is 2. The summed E-state index contributed by atoms with van der Waals surface area (Å²) >= 11 is 0. The van der Waals surface area contributed by atoms with Gasteiger partial charge < -0.3 is 19.7 Å². The molecule has 2 heterocycles. The molecule has 0 amide bonds. The minimum Gasteiger partial charge on any atom is -0.454 e. The van der Waals surface area contributed by atoms with Crippen LogP contribution in [-0.4, -0.2) is 32.5 Å². The van der Waals surface area contributed by atoms with Gasteiger partial charge in [0, 0.05) is 36.4 Å². The second-order valence-corrected chi connectivity index (χ2v) is 6.89. The summed E-state index contributed by atoms with van der Waals surface area (Å²) in [7, 11) is 0. The molecule has 2 aromatic rings. The van der Waals surface area contributed by atoms with Crippen molar-refractivity contribution in [3.63, 3.8) is 0 Å². The van der Waals surface area contributed by atoms with Gasteiger partial charge in [0.2, 0.25) is 6.79 Å². The smallest absolute Gasteiger partial charge is 0.285 e. The van der Waals surface area contributed by atoms with Crippen molar-refractivity contribution in [3.05, 3.63) is 53.8 Å². The number of nitrogens with zero attached hydrogens (tertiary/aromatic N) is 1. The van der Waals surface area contributed by atoms with E-state index in [4.69, 9.17) is 9.47 Å². The fraction of sp³-hybridized carbons (Fsp3) is 0.400. The predicted octanol–water partition coefficient (Wildman–Crippen LogP) is 3.90. The van der Waals surface area contributed by atoms with E-state index in [9.17, 15) is 13.2 Å². The van der Waals surface area contributed by atoms with Gasteiger partial charge in [-0.1, -0.05) is 12.1 Å². The molecule has 2 aromatic carbocycles. The highest BCUT2D eigenvalue weighted by atomic mass is 19.3. The molecular weight excluding hydrogens is 357 g/mol. The van der Waals surface area contributed by atoms with Gasteiger partial charge >= 0.3 is 0 Å². The molecule has 0 atom stereocenters. The molecule has 0 aromatic heterocycles. The first kappa shape index (κ1) is 18.0. The fourth-order valence-corrected chi connectivity index (χ4v) is 3.49. The van der Waals surface area contributed by atoms with Crippen LogP contribution < -0.4 is 19.7 Å². The summed E-state index contributed by atoms with van der Waals surface area (Å²) in [5, 5.41) is 2.97. The van der Waals surface area contributed by atoms with E-state index < -0.39 is 18.3 Å². The van der Waals surface area contributed by atoms with Gasteiger partial charge in [-0.2, -0.15) is 8.78 Å². The zero-order valence-corrected chi connectivity index (χ0v) is 14.8.